The Morgan fingerprint density at radius 3 is 2.54 bits per heavy atom. The molecule has 4 nitrogen and oxygen atoms in total. The van der Waals surface area contributed by atoms with Gasteiger partial charge in [0, 0.05) is 5.69 Å². The number of ether oxygens (including phenoxy) is 1. The Kier molecular flexibility index (Phi) is 2.41. The molecular formula is C9H12N2O2. The van der Waals surface area contributed by atoms with Crippen LogP contribution < -0.4 is 16.2 Å². The third-order valence-electron chi connectivity index (χ3n) is 1.86. The number of primary amides is 1. The maximum Gasteiger partial charge on any atom is 0.250 e. The molecule has 0 unspecified atom stereocenters. The zero-order valence-electron chi connectivity index (χ0n) is 7.63. The Morgan fingerprint density at radius 2 is 2.08 bits per heavy atom. The molecular weight excluding hydrogens is 168 g/mol. The molecule has 0 bridgehead atoms. The maximum atomic E-state index is 10.9. The smallest absolute Gasteiger partial charge is 0.250 e. The monoisotopic (exact) mass is 180 g/mol. The topological polar surface area (TPSA) is 78.3 Å². The van der Waals surface area contributed by atoms with Crippen molar-refractivity contribution >= 4 is 11.6 Å². The van der Waals surface area contributed by atoms with Crippen LogP contribution in [0.25, 0.3) is 0 Å². The van der Waals surface area contributed by atoms with Gasteiger partial charge in [-0.2, -0.15) is 0 Å². The van der Waals surface area contributed by atoms with Gasteiger partial charge in [0.05, 0.1) is 12.7 Å². The number of anilines is 1. The van der Waals surface area contributed by atoms with Gasteiger partial charge in [0.15, 0.2) is 0 Å². The lowest BCUT2D eigenvalue weighted by Crippen LogP contribution is -2.14. The second kappa shape index (κ2) is 3.35. The molecule has 1 amide bonds. The zero-order valence-corrected chi connectivity index (χ0v) is 7.63. The molecule has 1 aromatic rings. The van der Waals surface area contributed by atoms with Gasteiger partial charge in [-0.3, -0.25) is 4.79 Å². The van der Waals surface area contributed by atoms with Crippen molar-refractivity contribution in [2.75, 3.05) is 12.8 Å². The first-order valence-corrected chi connectivity index (χ1v) is 3.80. The number of methoxy groups -OCH3 is 1. The van der Waals surface area contributed by atoms with Gasteiger partial charge < -0.3 is 16.2 Å². The van der Waals surface area contributed by atoms with Gasteiger partial charge in [-0.05, 0) is 24.6 Å². The van der Waals surface area contributed by atoms with Crippen LogP contribution in [0.3, 0.4) is 0 Å². The summed E-state index contributed by atoms with van der Waals surface area (Å²) in [7, 11) is 1.52. The minimum Gasteiger partial charge on any atom is -0.497 e. The van der Waals surface area contributed by atoms with Crippen molar-refractivity contribution in [1.29, 1.82) is 0 Å². The molecule has 0 aliphatic rings. The van der Waals surface area contributed by atoms with Gasteiger partial charge in [-0.25, -0.2) is 0 Å². The summed E-state index contributed by atoms with van der Waals surface area (Å²) in [4.78, 5) is 10.9. The summed E-state index contributed by atoms with van der Waals surface area (Å²) in [6, 6.07) is 3.28. The summed E-state index contributed by atoms with van der Waals surface area (Å²) in [5.74, 6) is 0.0417. The molecule has 13 heavy (non-hydrogen) atoms. The summed E-state index contributed by atoms with van der Waals surface area (Å²) in [6.07, 6.45) is 0. The minimum atomic E-state index is -0.542. The molecule has 0 saturated carbocycles. The van der Waals surface area contributed by atoms with Gasteiger partial charge in [0.25, 0.3) is 5.91 Å². The molecule has 0 fully saturated rings. The fraction of sp³-hybridized carbons (Fsp3) is 0.222. The van der Waals surface area contributed by atoms with Crippen LogP contribution in [-0.4, -0.2) is 13.0 Å². The van der Waals surface area contributed by atoms with Crippen LogP contribution in [0.2, 0.25) is 0 Å². The number of nitrogens with two attached hydrogens (primary N) is 2. The van der Waals surface area contributed by atoms with Gasteiger partial charge in [-0.15, -0.1) is 0 Å². The summed E-state index contributed by atoms with van der Waals surface area (Å²) in [5, 5.41) is 0. The fourth-order valence-electron chi connectivity index (χ4n) is 1.09. The van der Waals surface area contributed by atoms with Crippen molar-refractivity contribution in [1.82, 2.24) is 0 Å². The Hall–Kier alpha value is -1.71. The molecule has 0 aliphatic carbocycles. The molecule has 0 saturated heterocycles. The molecule has 0 heterocycles. The third-order valence-corrected chi connectivity index (χ3v) is 1.86. The summed E-state index contributed by atoms with van der Waals surface area (Å²) < 4.78 is 4.98. The Labute approximate surface area is 76.5 Å². The van der Waals surface area contributed by atoms with E-state index in [4.69, 9.17) is 16.2 Å². The van der Waals surface area contributed by atoms with Crippen LogP contribution in [0.1, 0.15) is 15.9 Å². The van der Waals surface area contributed by atoms with Crippen molar-refractivity contribution in [3.63, 3.8) is 0 Å². The summed E-state index contributed by atoms with van der Waals surface area (Å²) >= 11 is 0. The quantitative estimate of drug-likeness (QED) is 0.657. The number of benzene rings is 1. The average Bonchev–Trinajstić information content (AvgIpc) is 2.09. The normalized spacial score (nSPS) is 9.69. The van der Waals surface area contributed by atoms with E-state index in [9.17, 15) is 4.79 Å². The molecule has 0 radical (unpaired) electrons. The summed E-state index contributed by atoms with van der Waals surface area (Å²) in [5.41, 5.74) is 12.3. The first-order valence-electron chi connectivity index (χ1n) is 3.80. The molecule has 4 N–H and O–H groups in total. The minimum absolute atomic E-state index is 0.303. The molecule has 1 aromatic carbocycles. The predicted octanol–water partition coefficient (Wildman–Crippen LogP) is 0.685. The van der Waals surface area contributed by atoms with Crippen LogP contribution in [0.15, 0.2) is 12.1 Å². The Balaban J connectivity index is 3.33. The molecule has 1 rings (SSSR count). The first kappa shape index (κ1) is 9.38. The van der Waals surface area contributed by atoms with E-state index < -0.39 is 5.91 Å². The molecule has 0 aromatic heterocycles. The van der Waals surface area contributed by atoms with E-state index in [0.29, 0.717) is 17.0 Å². The second-order valence-electron chi connectivity index (χ2n) is 2.77. The number of hydrogen-bond donors (Lipinski definition) is 2. The second-order valence-corrected chi connectivity index (χ2v) is 2.77. The number of nitrogen functional groups attached to an aromatic ring is 1. The number of rotatable bonds is 2. The van der Waals surface area contributed by atoms with Gasteiger partial charge in [-0.1, -0.05) is 0 Å². The van der Waals surface area contributed by atoms with Crippen molar-refractivity contribution in [2.24, 2.45) is 5.73 Å². The van der Waals surface area contributed by atoms with E-state index in [-0.39, 0.29) is 0 Å². The van der Waals surface area contributed by atoms with E-state index in [1.165, 1.54) is 13.2 Å². The van der Waals surface area contributed by atoms with Crippen LogP contribution in [0.4, 0.5) is 5.69 Å². The average molecular weight is 180 g/mol. The first-order chi connectivity index (χ1) is 6.06. The van der Waals surface area contributed by atoms with Crippen molar-refractivity contribution in [2.45, 2.75) is 6.92 Å². The van der Waals surface area contributed by atoms with Crippen molar-refractivity contribution in [3.05, 3.63) is 23.3 Å². The van der Waals surface area contributed by atoms with Gasteiger partial charge in [0.2, 0.25) is 0 Å². The maximum absolute atomic E-state index is 10.9. The Morgan fingerprint density at radius 1 is 1.46 bits per heavy atom. The highest BCUT2D eigenvalue weighted by atomic mass is 16.5. The molecule has 0 spiro atoms. The number of carbonyl (C=O) groups is 1. The van der Waals surface area contributed by atoms with Crippen LogP contribution in [0, 0.1) is 6.92 Å². The number of aryl methyl sites for hydroxylation is 1. The van der Waals surface area contributed by atoms with Crippen LogP contribution in [-0.2, 0) is 0 Å². The molecule has 0 atom stereocenters. The molecule has 0 aliphatic heterocycles. The SMILES string of the molecule is COc1cc(C)c(N)c(C(N)=O)c1. The van der Waals surface area contributed by atoms with E-state index in [2.05, 4.69) is 0 Å². The van der Waals surface area contributed by atoms with Crippen molar-refractivity contribution < 1.29 is 9.53 Å². The van der Waals surface area contributed by atoms with E-state index >= 15 is 0 Å². The van der Waals surface area contributed by atoms with Crippen molar-refractivity contribution in [3.8, 4) is 5.75 Å². The largest absolute Gasteiger partial charge is 0.497 e. The highest BCUT2D eigenvalue weighted by molar-refractivity contribution is 5.99. The van der Waals surface area contributed by atoms with E-state index in [1.807, 2.05) is 0 Å². The number of amides is 1. The van der Waals surface area contributed by atoms with Gasteiger partial charge >= 0.3 is 0 Å². The lowest BCUT2D eigenvalue weighted by molar-refractivity contribution is 0.100. The lowest BCUT2D eigenvalue weighted by atomic mass is 10.1. The number of hydrogen-bond acceptors (Lipinski definition) is 3. The third kappa shape index (κ3) is 1.72. The molecule has 4 heteroatoms. The predicted molar refractivity (Wildman–Crippen MR) is 50.7 cm³/mol. The van der Waals surface area contributed by atoms with Gasteiger partial charge in [0.1, 0.15) is 5.75 Å². The highest BCUT2D eigenvalue weighted by Crippen LogP contribution is 2.23. The summed E-state index contributed by atoms with van der Waals surface area (Å²) in [6.45, 7) is 1.80. The molecule has 70 valence electrons. The Bertz CT molecular complexity index is 348. The van der Waals surface area contributed by atoms with Crippen LogP contribution in [0.5, 0.6) is 5.75 Å². The van der Waals surface area contributed by atoms with E-state index in [0.717, 1.165) is 5.56 Å². The van der Waals surface area contributed by atoms with Crippen LogP contribution >= 0.6 is 0 Å². The highest BCUT2D eigenvalue weighted by Gasteiger charge is 2.09. The standard InChI is InChI=1S/C9H12N2O2/c1-5-3-6(13-2)4-7(8(5)10)9(11)12/h3-4H,10H2,1-2H3,(H2,11,12). The number of carbonyl (C=O) groups excluding carboxylic acids is 1. The van der Waals surface area contributed by atoms with E-state index in [1.54, 1.807) is 13.0 Å². The zero-order chi connectivity index (χ0) is 10.0. The lowest BCUT2D eigenvalue weighted by Gasteiger charge is -2.08. The fourth-order valence-corrected chi connectivity index (χ4v) is 1.09.